The maximum Gasteiger partial charge on any atom is 0.331 e. The van der Waals surface area contributed by atoms with Crippen molar-refractivity contribution in [1.29, 1.82) is 0 Å². The van der Waals surface area contributed by atoms with Crippen LogP contribution >= 0.6 is 0 Å². The lowest BCUT2D eigenvalue weighted by Gasteiger charge is -2.55. The third kappa shape index (κ3) is 8.53. The number of aliphatic hydroxyl groups excluding tert-OH is 4. The predicted molar refractivity (Wildman–Crippen MR) is 204 cm³/mol. The zero-order chi connectivity index (χ0) is 42.2. The highest BCUT2D eigenvalue weighted by molar-refractivity contribution is 5.97. The van der Waals surface area contributed by atoms with Gasteiger partial charge in [-0.15, -0.1) is 0 Å². The molecule has 5 N–H and O–H groups in total. The molecule has 2 heterocycles. The molecule has 0 spiro atoms. The van der Waals surface area contributed by atoms with Gasteiger partial charge in [0.2, 0.25) is 0 Å². The molecule has 2 saturated carbocycles. The molecule has 0 bridgehead atoms. The molecule has 1 aromatic carbocycles. The number of rotatable bonds is 13. The van der Waals surface area contributed by atoms with Gasteiger partial charge < -0.3 is 54.0 Å². The molecular formula is C43H58O15. The first-order valence-electron chi connectivity index (χ1n) is 20.2. The van der Waals surface area contributed by atoms with E-state index in [0.29, 0.717) is 19.3 Å². The van der Waals surface area contributed by atoms with Crippen LogP contribution in [0.3, 0.4) is 0 Å². The minimum atomic E-state index is -1.62. The number of ether oxygens (including phenoxy) is 6. The normalized spacial score (nSPS) is 42.3. The summed E-state index contributed by atoms with van der Waals surface area (Å²) in [6.45, 7) is 6.00. The summed E-state index contributed by atoms with van der Waals surface area (Å²) in [5.41, 5.74) is -3.23. The van der Waals surface area contributed by atoms with E-state index in [1.165, 1.54) is 32.3 Å². The van der Waals surface area contributed by atoms with Crippen LogP contribution in [0.5, 0.6) is 0 Å². The fourth-order valence-corrected chi connectivity index (χ4v) is 9.91. The number of Topliss-reactive ketones (excluding diaryl/α,β-unsaturated/α-hetero) is 2. The number of fused-ring (bicyclic) bond motifs is 1. The molecule has 3 aliphatic carbocycles. The molecular weight excluding hydrogens is 756 g/mol. The molecule has 0 unspecified atom stereocenters. The molecule has 16 atom stereocenters. The van der Waals surface area contributed by atoms with Gasteiger partial charge in [-0.2, -0.15) is 0 Å². The van der Waals surface area contributed by atoms with Crippen LogP contribution in [0, 0.1) is 22.7 Å². The number of allylic oxidation sites excluding steroid dienone is 1. The van der Waals surface area contributed by atoms with Crippen LogP contribution in [0.2, 0.25) is 0 Å². The van der Waals surface area contributed by atoms with Crippen molar-refractivity contribution in [2.75, 3.05) is 13.7 Å². The monoisotopic (exact) mass is 814 g/mol. The van der Waals surface area contributed by atoms with Crippen LogP contribution in [-0.4, -0.2) is 136 Å². The number of carbonyl (C=O) groups excluding carboxylic acids is 4. The quantitative estimate of drug-likeness (QED) is 0.142. The van der Waals surface area contributed by atoms with Crippen LogP contribution in [0.25, 0.3) is 6.08 Å². The minimum Gasteiger partial charge on any atom is -0.458 e. The Morgan fingerprint density at radius 1 is 1.02 bits per heavy atom. The second kappa shape index (κ2) is 17.8. The lowest BCUT2D eigenvalue weighted by atomic mass is 9.52. The fourth-order valence-electron chi connectivity index (χ4n) is 9.91. The number of hydrogen-bond acceptors (Lipinski definition) is 15. The summed E-state index contributed by atoms with van der Waals surface area (Å²) in [6.07, 6.45) is -4.80. The van der Waals surface area contributed by atoms with Crippen molar-refractivity contribution in [2.45, 2.75) is 146 Å². The molecule has 6 rings (SSSR count). The second-order valence-electron chi connectivity index (χ2n) is 17.0. The molecule has 15 heteroatoms. The van der Waals surface area contributed by atoms with Gasteiger partial charge in [0.25, 0.3) is 0 Å². The Morgan fingerprint density at radius 2 is 1.74 bits per heavy atom. The number of ketones is 3. The predicted octanol–water partition coefficient (Wildman–Crippen LogP) is 1.97. The summed E-state index contributed by atoms with van der Waals surface area (Å²) in [5.74, 6) is -3.00. The van der Waals surface area contributed by atoms with Gasteiger partial charge >= 0.3 is 5.97 Å². The highest BCUT2D eigenvalue weighted by Gasteiger charge is 2.61. The van der Waals surface area contributed by atoms with Crippen molar-refractivity contribution in [3.8, 4) is 0 Å². The maximum absolute atomic E-state index is 13.9. The van der Waals surface area contributed by atoms with E-state index in [-0.39, 0.29) is 43.0 Å². The van der Waals surface area contributed by atoms with E-state index in [4.69, 9.17) is 28.4 Å². The SMILES string of the molecule is CO[C@H]1C[C@H](O[C@H]2CC[C@]3(C)[C@@H](C[C@@H](OC(=O)/C=C/c4ccccc4)[C@]4(C)C(=O)CC[C@@H]4C(C)=O)C(=O)C=C[C@]3(O)C2)O[C@H](C)[C@H]1O[C@@H]1O[C@H](CO)[C@@H](O)[C@H](O)[C@H]1O. The van der Waals surface area contributed by atoms with Crippen molar-refractivity contribution in [1.82, 2.24) is 0 Å². The van der Waals surface area contributed by atoms with Gasteiger partial charge in [-0.3, -0.25) is 14.4 Å². The largest absolute Gasteiger partial charge is 0.458 e. The summed E-state index contributed by atoms with van der Waals surface area (Å²) < 4.78 is 36.0. The lowest BCUT2D eigenvalue weighted by molar-refractivity contribution is -0.346. The highest BCUT2D eigenvalue weighted by Crippen LogP contribution is 2.56. The van der Waals surface area contributed by atoms with Gasteiger partial charge in [0.05, 0.1) is 35.9 Å². The molecule has 2 aliphatic heterocycles. The first kappa shape index (κ1) is 44.3. The first-order chi connectivity index (χ1) is 27.4. The van der Waals surface area contributed by atoms with Gasteiger partial charge in [0.1, 0.15) is 48.2 Å². The molecule has 15 nitrogen and oxygen atoms in total. The van der Waals surface area contributed by atoms with Gasteiger partial charge in [-0.25, -0.2) is 4.79 Å². The smallest absolute Gasteiger partial charge is 0.331 e. The third-order valence-corrected chi connectivity index (χ3v) is 13.6. The Labute approximate surface area is 338 Å². The summed E-state index contributed by atoms with van der Waals surface area (Å²) in [5, 5.41) is 53.0. The van der Waals surface area contributed by atoms with E-state index in [0.717, 1.165) is 5.56 Å². The van der Waals surface area contributed by atoms with E-state index in [2.05, 4.69) is 0 Å². The average molecular weight is 815 g/mol. The Hall–Kier alpha value is -3.22. The zero-order valence-electron chi connectivity index (χ0n) is 33.7. The number of hydrogen-bond donors (Lipinski definition) is 5. The Morgan fingerprint density at radius 3 is 2.41 bits per heavy atom. The van der Waals surface area contributed by atoms with E-state index in [9.17, 15) is 44.7 Å². The van der Waals surface area contributed by atoms with Crippen molar-refractivity contribution in [2.24, 2.45) is 22.7 Å². The van der Waals surface area contributed by atoms with Crippen molar-refractivity contribution in [3.05, 3.63) is 54.1 Å². The summed E-state index contributed by atoms with van der Waals surface area (Å²) in [4.78, 5) is 53.8. The summed E-state index contributed by atoms with van der Waals surface area (Å²) >= 11 is 0. The number of carbonyl (C=O) groups is 4. The Bertz CT molecular complexity index is 1710. The molecule has 58 heavy (non-hydrogen) atoms. The number of esters is 1. The maximum atomic E-state index is 13.9. The second-order valence-corrected chi connectivity index (χ2v) is 17.0. The Balaban J connectivity index is 1.16. The van der Waals surface area contributed by atoms with E-state index in [1.54, 1.807) is 19.9 Å². The van der Waals surface area contributed by atoms with Crippen LogP contribution in [0.15, 0.2) is 48.6 Å². The third-order valence-electron chi connectivity index (χ3n) is 13.6. The molecule has 5 aliphatic rings. The fraction of sp³-hybridized carbons (Fsp3) is 0.674. The van der Waals surface area contributed by atoms with Gasteiger partial charge in [0.15, 0.2) is 18.4 Å². The number of aliphatic hydroxyl groups is 5. The van der Waals surface area contributed by atoms with E-state index in [1.807, 2.05) is 37.3 Å². The van der Waals surface area contributed by atoms with Crippen LogP contribution in [-0.2, 0) is 47.6 Å². The zero-order valence-corrected chi connectivity index (χ0v) is 33.7. The van der Waals surface area contributed by atoms with Crippen LogP contribution in [0.1, 0.15) is 78.2 Å². The highest BCUT2D eigenvalue weighted by atomic mass is 16.7. The standard InChI is InChI=1S/C43H58O15/c1-23(45)27-12-13-32(47)42(27,4)33(57-34(48)14-11-25-9-7-6-8-10-25)19-28-29(46)16-18-43(52)21-26(15-17-41(28,43)3)55-35-20-30(53-5)39(24(2)54-35)58-40-38(51)37(50)36(49)31(22-44)56-40/h6-11,14,16,18,24,26-28,30-31,33,35-40,44,49-52H,12-13,15,17,19-22H2,1-5H3/b14-11+/t24-,26+,27-,28+,30+,31-,33-,35+,36-,37+,38-,39-,40+,41-,42+,43+/m1/s1. The van der Waals surface area contributed by atoms with E-state index >= 15 is 0 Å². The minimum absolute atomic E-state index is 0.0843. The number of benzene rings is 1. The Kier molecular flexibility index (Phi) is 13.6. The topological polar surface area (TPSA) is 225 Å². The van der Waals surface area contributed by atoms with Crippen molar-refractivity contribution in [3.63, 3.8) is 0 Å². The number of methoxy groups -OCH3 is 1. The summed E-state index contributed by atoms with van der Waals surface area (Å²) in [7, 11) is 1.48. The van der Waals surface area contributed by atoms with Crippen molar-refractivity contribution >= 4 is 29.4 Å². The van der Waals surface area contributed by atoms with Gasteiger partial charge in [0, 0.05) is 49.7 Å². The van der Waals surface area contributed by atoms with Crippen molar-refractivity contribution < 1.29 is 73.1 Å². The van der Waals surface area contributed by atoms with E-state index < -0.39 is 108 Å². The molecule has 320 valence electrons. The molecule has 4 fully saturated rings. The lowest BCUT2D eigenvalue weighted by Crippen LogP contribution is -2.62. The average Bonchev–Trinajstić information content (AvgIpc) is 3.51. The summed E-state index contributed by atoms with van der Waals surface area (Å²) in [6, 6.07) is 9.14. The molecule has 0 amide bonds. The molecule has 1 aromatic rings. The van der Waals surface area contributed by atoms with Crippen LogP contribution < -0.4 is 0 Å². The molecule has 0 radical (unpaired) electrons. The van der Waals surface area contributed by atoms with Gasteiger partial charge in [-0.05, 0) is 70.2 Å². The first-order valence-corrected chi connectivity index (χ1v) is 20.2. The van der Waals surface area contributed by atoms with Gasteiger partial charge in [-0.1, -0.05) is 37.3 Å². The van der Waals surface area contributed by atoms with Crippen LogP contribution in [0.4, 0.5) is 0 Å². The molecule has 2 saturated heterocycles. The molecule has 0 aromatic heterocycles.